The van der Waals surface area contributed by atoms with Gasteiger partial charge in [-0.2, -0.15) is 0 Å². The fourth-order valence-electron chi connectivity index (χ4n) is 3.45. The fourth-order valence-corrected chi connectivity index (χ4v) is 3.63. The Kier molecular flexibility index (Phi) is 5.84. The van der Waals surface area contributed by atoms with Gasteiger partial charge in [-0.1, -0.05) is 35.9 Å². The summed E-state index contributed by atoms with van der Waals surface area (Å²) in [6, 6.07) is 13.8. The number of halogens is 1. The molecule has 1 atom stereocenters. The number of nitrogens with zero attached hydrogens (tertiary/aromatic N) is 2. The fraction of sp³-hybridized carbons (Fsp3) is 0.381. The predicted octanol–water partition coefficient (Wildman–Crippen LogP) is 4.11. The van der Waals surface area contributed by atoms with Crippen LogP contribution >= 0.6 is 11.6 Å². The molecule has 1 N–H and O–H groups in total. The third-order valence-electron chi connectivity index (χ3n) is 5.14. The minimum atomic E-state index is -0.157. The van der Waals surface area contributed by atoms with E-state index in [0.717, 1.165) is 53.7 Å². The molecule has 0 unspecified atom stereocenters. The zero-order chi connectivity index (χ0) is 18.7. The van der Waals surface area contributed by atoms with Crippen LogP contribution in [0.5, 0.6) is 0 Å². The zero-order valence-corrected chi connectivity index (χ0v) is 16.4. The molecule has 0 aromatic heterocycles. The number of benzene rings is 2. The summed E-state index contributed by atoms with van der Waals surface area (Å²) in [4.78, 5) is 17.3. The summed E-state index contributed by atoms with van der Waals surface area (Å²) in [5.74, 6) is 0.0543. The highest BCUT2D eigenvalue weighted by atomic mass is 35.5. The first-order chi connectivity index (χ1) is 12.5. The average molecular weight is 372 g/mol. The molecule has 5 heteroatoms. The van der Waals surface area contributed by atoms with Gasteiger partial charge in [0.1, 0.15) is 0 Å². The number of piperazine rings is 1. The summed E-state index contributed by atoms with van der Waals surface area (Å²) in [5, 5.41) is 3.87. The Balaban J connectivity index is 1.59. The number of amides is 1. The van der Waals surface area contributed by atoms with Gasteiger partial charge in [-0.15, -0.1) is 0 Å². The van der Waals surface area contributed by atoms with Gasteiger partial charge in [-0.3, -0.25) is 9.69 Å². The second-order valence-electron chi connectivity index (χ2n) is 6.93. The van der Waals surface area contributed by atoms with E-state index >= 15 is 0 Å². The third-order valence-corrected chi connectivity index (χ3v) is 5.38. The molecule has 2 aromatic carbocycles. The quantitative estimate of drug-likeness (QED) is 0.878. The molecule has 1 aliphatic rings. The number of para-hydroxylation sites is 1. The van der Waals surface area contributed by atoms with E-state index in [2.05, 4.69) is 21.2 Å². The molecule has 0 bridgehead atoms. The molecule has 1 saturated heterocycles. The van der Waals surface area contributed by atoms with E-state index in [-0.39, 0.29) is 11.9 Å². The molecule has 1 fully saturated rings. The maximum Gasteiger partial charge on any atom is 0.241 e. The van der Waals surface area contributed by atoms with Gasteiger partial charge in [0.15, 0.2) is 0 Å². The molecule has 0 radical (unpaired) electrons. The standard InChI is InChI=1S/C21H26ClN3O/c1-15-6-4-7-16(2)20(15)23-21(26)17(3)24-10-12-25(13-11-24)19-9-5-8-18(22)14-19/h4-9,14,17H,10-13H2,1-3H3,(H,23,26)/t17-/m0/s1. The van der Waals surface area contributed by atoms with Gasteiger partial charge in [0.2, 0.25) is 5.91 Å². The van der Waals surface area contributed by atoms with Crippen molar-refractivity contribution >= 4 is 28.9 Å². The van der Waals surface area contributed by atoms with Gasteiger partial charge in [-0.05, 0) is 50.1 Å². The number of nitrogens with one attached hydrogen (secondary N) is 1. The molecular weight excluding hydrogens is 346 g/mol. The second kappa shape index (κ2) is 8.11. The van der Waals surface area contributed by atoms with E-state index in [1.54, 1.807) is 0 Å². The second-order valence-corrected chi connectivity index (χ2v) is 7.37. The Morgan fingerprint density at radius 3 is 2.27 bits per heavy atom. The number of aryl methyl sites for hydroxylation is 2. The van der Waals surface area contributed by atoms with Crippen molar-refractivity contribution in [3.63, 3.8) is 0 Å². The van der Waals surface area contributed by atoms with Crippen LogP contribution in [0.4, 0.5) is 11.4 Å². The third kappa shape index (κ3) is 4.19. The van der Waals surface area contributed by atoms with Crippen molar-refractivity contribution < 1.29 is 4.79 Å². The number of rotatable bonds is 4. The topological polar surface area (TPSA) is 35.6 Å². The van der Waals surface area contributed by atoms with Gasteiger partial charge < -0.3 is 10.2 Å². The average Bonchev–Trinajstić information content (AvgIpc) is 2.64. The van der Waals surface area contributed by atoms with E-state index < -0.39 is 0 Å². The van der Waals surface area contributed by atoms with E-state index in [4.69, 9.17) is 11.6 Å². The first-order valence-corrected chi connectivity index (χ1v) is 9.45. The van der Waals surface area contributed by atoms with Crippen LogP contribution in [0.3, 0.4) is 0 Å². The Morgan fingerprint density at radius 2 is 1.65 bits per heavy atom. The first-order valence-electron chi connectivity index (χ1n) is 9.07. The summed E-state index contributed by atoms with van der Waals surface area (Å²) in [7, 11) is 0. The van der Waals surface area contributed by atoms with E-state index in [0.29, 0.717) is 0 Å². The van der Waals surface area contributed by atoms with Crippen molar-refractivity contribution in [1.29, 1.82) is 0 Å². The Bertz CT molecular complexity index is 764. The zero-order valence-electron chi connectivity index (χ0n) is 15.6. The van der Waals surface area contributed by atoms with Crippen LogP contribution in [-0.2, 0) is 4.79 Å². The number of hydrogen-bond donors (Lipinski definition) is 1. The van der Waals surface area contributed by atoms with E-state index in [1.165, 1.54) is 0 Å². The lowest BCUT2D eigenvalue weighted by molar-refractivity contribution is -0.120. The monoisotopic (exact) mass is 371 g/mol. The smallest absolute Gasteiger partial charge is 0.241 e. The highest BCUT2D eigenvalue weighted by Crippen LogP contribution is 2.23. The molecule has 1 aliphatic heterocycles. The molecular formula is C21H26ClN3O. The maximum atomic E-state index is 12.7. The summed E-state index contributed by atoms with van der Waals surface area (Å²) in [6.07, 6.45) is 0. The Morgan fingerprint density at radius 1 is 1.04 bits per heavy atom. The largest absolute Gasteiger partial charge is 0.369 e. The van der Waals surface area contributed by atoms with E-state index in [9.17, 15) is 4.79 Å². The summed E-state index contributed by atoms with van der Waals surface area (Å²) < 4.78 is 0. The van der Waals surface area contributed by atoms with Crippen LogP contribution in [0, 0.1) is 13.8 Å². The molecule has 4 nitrogen and oxygen atoms in total. The Hall–Kier alpha value is -2.04. The highest BCUT2D eigenvalue weighted by Gasteiger charge is 2.26. The van der Waals surface area contributed by atoms with Crippen LogP contribution in [0.25, 0.3) is 0 Å². The molecule has 1 amide bonds. The SMILES string of the molecule is Cc1cccc(C)c1NC(=O)[C@H](C)N1CCN(c2cccc(Cl)c2)CC1. The highest BCUT2D eigenvalue weighted by molar-refractivity contribution is 6.30. The van der Waals surface area contributed by atoms with Gasteiger partial charge >= 0.3 is 0 Å². The summed E-state index contributed by atoms with van der Waals surface area (Å²) in [6.45, 7) is 9.52. The van der Waals surface area contributed by atoms with Crippen LogP contribution < -0.4 is 10.2 Å². The van der Waals surface area contributed by atoms with Crippen molar-refractivity contribution in [2.75, 3.05) is 36.4 Å². The molecule has 0 spiro atoms. The van der Waals surface area contributed by atoms with E-state index in [1.807, 2.05) is 57.2 Å². The number of carbonyl (C=O) groups excluding carboxylic acids is 1. The summed E-state index contributed by atoms with van der Waals surface area (Å²) in [5.41, 5.74) is 4.26. The van der Waals surface area contributed by atoms with Crippen molar-refractivity contribution in [2.45, 2.75) is 26.8 Å². The van der Waals surface area contributed by atoms with Crippen molar-refractivity contribution in [1.82, 2.24) is 4.90 Å². The van der Waals surface area contributed by atoms with Crippen molar-refractivity contribution in [3.05, 3.63) is 58.6 Å². The Labute approximate surface area is 160 Å². The van der Waals surface area contributed by atoms with Crippen molar-refractivity contribution in [3.8, 4) is 0 Å². The van der Waals surface area contributed by atoms with Gasteiger partial charge in [-0.25, -0.2) is 0 Å². The van der Waals surface area contributed by atoms with Crippen LogP contribution in [0.1, 0.15) is 18.1 Å². The molecule has 0 aliphatic carbocycles. The lowest BCUT2D eigenvalue weighted by Crippen LogP contribution is -2.52. The van der Waals surface area contributed by atoms with Gasteiger partial charge in [0.25, 0.3) is 0 Å². The van der Waals surface area contributed by atoms with Gasteiger partial charge in [0, 0.05) is 42.6 Å². The number of hydrogen-bond acceptors (Lipinski definition) is 3. The summed E-state index contributed by atoms with van der Waals surface area (Å²) >= 11 is 6.10. The lowest BCUT2D eigenvalue weighted by Gasteiger charge is -2.38. The molecule has 0 saturated carbocycles. The molecule has 26 heavy (non-hydrogen) atoms. The van der Waals surface area contributed by atoms with Crippen LogP contribution in [-0.4, -0.2) is 43.0 Å². The van der Waals surface area contributed by atoms with Crippen LogP contribution in [0.2, 0.25) is 5.02 Å². The minimum absolute atomic E-state index is 0.0543. The molecule has 138 valence electrons. The minimum Gasteiger partial charge on any atom is -0.369 e. The maximum absolute atomic E-state index is 12.7. The number of anilines is 2. The first kappa shape index (κ1) is 18.7. The molecule has 3 rings (SSSR count). The predicted molar refractivity (Wildman–Crippen MR) is 109 cm³/mol. The van der Waals surface area contributed by atoms with Crippen molar-refractivity contribution in [2.24, 2.45) is 0 Å². The normalized spacial score (nSPS) is 16.4. The number of carbonyl (C=O) groups is 1. The molecule has 1 heterocycles. The molecule has 2 aromatic rings. The lowest BCUT2D eigenvalue weighted by atomic mass is 10.1. The van der Waals surface area contributed by atoms with Crippen LogP contribution in [0.15, 0.2) is 42.5 Å². The van der Waals surface area contributed by atoms with Gasteiger partial charge in [0.05, 0.1) is 6.04 Å².